The molecule has 0 saturated carbocycles. The molecule has 0 heterocycles. The van der Waals surface area contributed by atoms with E-state index >= 15 is 0 Å². The maximum absolute atomic E-state index is 10.2. The van der Waals surface area contributed by atoms with Crippen LogP contribution in [-0.2, 0) is 0 Å². The molecular weight excluding hydrogens is 454 g/mol. The van der Waals surface area contributed by atoms with Crippen LogP contribution in [0.1, 0.15) is 50.4 Å². The maximum atomic E-state index is 10.2. The number of aliphatic hydroxyl groups excluding tert-OH is 1. The molecule has 0 bridgehead atoms. The zero-order valence-electron chi connectivity index (χ0n) is 20.1. The summed E-state index contributed by atoms with van der Waals surface area (Å²) in [6.07, 6.45) is 0.230. The Morgan fingerprint density at radius 3 is 1.25 bits per heavy atom. The number of rotatable bonds is 7. The van der Waals surface area contributed by atoms with E-state index in [4.69, 9.17) is 10.2 Å². The summed E-state index contributed by atoms with van der Waals surface area (Å²) in [7, 11) is 1.93. The molecule has 0 fully saturated rings. The van der Waals surface area contributed by atoms with Gasteiger partial charge in [-0.15, -0.1) is 0 Å². The van der Waals surface area contributed by atoms with Crippen molar-refractivity contribution in [3.05, 3.63) is 144 Å². The molecule has 6 nitrogen and oxygen atoms in total. The Morgan fingerprint density at radius 2 is 0.944 bits per heavy atom. The Morgan fingerprint density at radius 1 is 0.611 bits per heavy atom. The second-order valence-electron chi connectivity index (χ2n) is 7.76. The lowest BCUT2D eigenvalue weighted by atomic mass is 9.97. The molecule has 4 aromatic rings. The van der Waals surface area contributed by atoms with Gasteiger partial charge in [-0.05, 0) is 48.9 Å². The molecule has 0 amide bonds. The minimum atomic E-state index is -0.879. The number of carboxylic acid groups (broad SMARTS) is 2. The van der Waals surface area contributed by atoms with Crippen molar-refractivity contribution in [3.63, 3.8) is 0 Å². The average Bonchev–Trinajstić information content (AvgIpc) is 2.94. The summed E-state index contributed by atoms with van der Waals surface area (Å²) in [5.74, 6) is -1.76. The number of nitrogens with one attached hydrogen (secondary N) is 1. The smallest absolute Gasteiger partial charge is 0.335 e. The molecule has 4 rings (SSSR count). The van der Waals surface area contributed by atoms with E-state index in [9.17, 15) is 14.7 Å². The van der Waals surface area contributed by atoms with Gasteiger partial charge in [0.2, 0.25) is 0 Å². The fraction of sp³-hybridized carbons (Fsp3) is 0.133. The first-order chi connectivity index (χ1) is 17.4. The molecule has 0 saturated heterocycles. The molecule has 0 spiro atoms. The van der Waals surface area contributed by atoms with Crippen molar-refractivity contribution in [2.24, 2.45) is 0 Å². The molecule has 4 N–H and O–H groups in total. The van der Waals surface area contributed by atoms with Crippen LogP contribution in [0.15, 0.2) is 121 Å². The first-order valence-corrected chi connectivity index (χ1v) is 11.4. The van der Waals surface area contributed by atoms with Crippen LogP contribution >= 0.6 is 0 Å². The van der Waals surface area contributed by atoms with Crippen LogP contribution in [0, 0.1) is 0 Å². The summed E-state index contributed by atoms with van der Waals surface area (Å²) in [4.78, 5) is 20.4. The molecular formula is C30H31NO5. The Kier molecular flexibility index (Phi) is 12.1. The first-order valence-electron chi connectivity index (χ1n) is 11.4. The average molecular weight is 486 g/mol. The molecule has 6 heteroatoms. The summed E-state index contributed by atoms with van der Waals surface area (Å²) in [6.45, 7) is 0. The van der Waals surface area contributed by atoms with E-state index in [1.807, 2.05) is 55.6 Å². The molecule has 36 heavy (non-hydrogen) atoms. The fourth-order valence-electron chi connectivity index (χ4n) is 3.30. The molecule has 4 aromatic carbocycles. The highest BCUT2D eigenvalue weighted by Crippen LogP contribution is 2.25. The van der Waals surface area contributed by atoms with E-state index in [1.54, 1.807) is 60.7 Å². The Bertz CT molecular complexity index is 1100. The van der Waals surface area contributed by atoms with Gasteiger partial charge in [0.1, 0.15) is 0 Å². The molecule has 2 atom stereocenters. The van der Waals surface area contributed by atoms with E-state index in [1.165, 1.54) is 5.56 Å². The normalized spacial score (nSPS) is 11.5. The van der Waals surface area contributed by atoms with Crippen molar-refractivity contribution >= 4 is 11.9 Å². The predicted molar refractivity (Wildman–Crippen MR) is 141 cm³/mol. The van der Waals surface area contributed by atoms with Crippen molar-refractivity contribution in [2.45, 2.75) is 18.6 Å². The van der Waals surface area contributed by atoms with Gasteiger partial charge in [-0.25, -0.2) is 9.59 Å². The van der Waals surface area contributed by atoms with E-state index in [0.29, 0.717) is 17.5 Å². The van der Waals surface area contributed by atoms with Gasteiger partial charge in [0, 0.05) is 6.04 Å². The molecule has 2 unspecified atom stereocenters. The molecule has 0 aliphatic heterocycles. The number of carbonyl (C=O) groups is 2. The predicted octanol–water partition coefficient (Wildman–Crippen LogP) is 5.84. The van der Waals surface area contributed by atoms with Crippen molar-refractivity contribution in [3.8, 4) is 0 Å². The van der Waals surface area contributed by atoms with Crippen molar-refractivity contribution in [1.82, 2.24) is 5.32 Å². The standard InChI is InChI=1S/C16H19NO.2C7H6O2/c1-17-15(13-8-4-2-5-9-13)12-16(18)14-10-6-3-7-11-14;2*8-7(9)6-4-2-1-3-5-6/h2-11,15-18H,12H2,1H3;2*1-5H,(H,8,9). The largest absolute Gasteiger partial charge is 0.478 e. The summed E-state index contributed by atoms with van der Waals surface area (Å²) in [5, 5.41) is 30.3. The molecule has 0 aliphatic rings. The number of aliphatic hydroxyl groups is 1. The Hall–Kier alpha value is -4.26. The van der Waals surface area contributed by atoms with Crippen LogP contribution in [0.25, 0.3) is 0 Å². The van der Waals surface area contributed by atoms with Gasteiger partial charge >= 0.3 is 11.9 Å². The third kappa shape index (κ3) is 9.93. The van der Waals surface area contributed by atoms with Crippen molar-refractivity contribution in [1.29, 1.82) is 0 Å². The van der Waals surface area contributed by atoms with Gasteiger partial charge in [-0.1, -0.05) is 97.1 Å². The monoisotopic (exact) mass is 485 g/mol. The number of aromatic carboxylic acids is 2. The Labute approximate surface area is 211 Å². The highest BCUT2D eigenvalue weighted by atomic mass is 16.4. The van der Waals surface area contributed by atoms with Gasteiger partial charge in [-0.2, -0.15) is 0 Å². The van der Waals surface area contributed by atoms with Gasteiger partial charge < -0.3 is 20.6 Å². The van der Waals surface area contributed by atoms with Gasteiger partial charge in [0.05, 0.1) is 17.2 Å². The quantitative estimate of drug-likeness (QED) is 0.262. The van der Waals surface area contributed by atoms with Crippen LogP contribution in [0.3, 0.4) is 0 Å². The van der Waals surface area contributed by atoms with E-state index < -0.39 is 18.0 Å². The fourth-order valence-corrected chi connectivity index (χ4v) is 3.30. The maximum Gasteiger partial charge on any atom is 0.335 e. The van der Waals surface area contributed by atoms with E-state index in [-0.39, 0.29) is 6.04 Å². The zero-order valence-corrected chi connectivity index (χ0v) is 20.1. The first kappa shape index (κ1) is 28.0. The summed E-state index contributed by atoms with van der Waals surface area (Å²) in [6, 6.07) is 36.8. The van der Waals surface area contributed by atoms with Crippen LogP contribution < -0.4 is 5.32 Å². The molecule has 0 aliphatic carbocycles. The summed E-state index contributed by atoms with van der Waals surface area (Å²) in [5.41, 5.74) is 2.83. The second kappa shape index (κ2) is 15.6. The second-order valence-corrected chi connectivity index (χ2v) is 7.76. The van der Waals surface area contributed by atoms with Crippen molar-refractivity contribution < 1.29 is 24.9 Å². The van der Waals surface area contributed by atoms with E-state index in [2.05, 4.69) is 17.4 Å². The molecule has 0 aromatic heterocycles. The molecule has 0 radical (unpaired) electrons. The highest BCUT2D eigenvalue weighted by Gasteiger charge is 2.15. The minimum absolute atomic E-state index is 0.168. The minimum Gasteiger partial charge on any atom is -0.478 e. The van der Waals surface area contributed by atoms with Crippen LogP contribution in [0.4, 0.5) is 0 Å². The lowest BCUT2D eigenvalue weighted by Gasteiger charge is -2.20. The molecule has 186 valence electrons. The number of hydrogen-bond acceptors (Lipinski definition) is 4. The summed E-state index contributed by atoms with van der Waals surface area (Å²) >= 11 is 0. The summed E-state index contributed by atoms with van der Waals surface area (Å²) < 4.78 is 0. The van der Waals surface area contributed by atoms with Gasteiger partial charge in [0.25, 0.3) is 0 Å². The topological polar surface area (TPSA) is 107 Å². The van der Waals surface area contributed by atoms with Crippen LogP contribution in [0.5, 0.6) is 0 Å². The third-order valence-corrected chi connectivity index (χ3v) is 5.24. The van der Waals surface area contributed by atoms with Crippen LogP contribution in [-0.4, -0.2) is 34.3 Å². The lowest BCUT2D eigenvalue weighted by Crippen LogP contribution is -2.19. The Balaban J connectivity index is 0.000000212. The lowest BCUT2D eigenvalue weighted by molar-refractivity contribution is 0.0686. The van der Waals surface area contributed by atoms with Crippen LogP contribution in [0.2, 0.25) is 0 Å². The number of hydrogen-bond donors (Lipinski definition) is 4. The van der Waals surface area contributed by atoms with Crippen molar-refractivity contribution in [2.75, 3.05) is 7.05 Å². The number of carboxylic acids is 2. The number of benzene rings is 4. The zero-order chi connectivity index (χ0) is 26.2. The van der Waals surface area contributed by atoms with Gasteiger partial charge in [-0.3, -0.25) is 0 Å². The third-order valence-electron chi connectivity index (χ3n) is 5.24. The highest BCUT2D eigenvalue weighted by molar-refractivity contribution is 5.87. The SMILES string of the molecule is CNC(CC(O)c1ccccc1)c1ccccc1.O=C(O)c1ccccc1.O=C(O)c1ccccc1. The van der Waals surface area contributed by atoms with Gasteiger partial charge in [0.15, 0.2) is 0 Å². The van der Waals surface area contributed by atoms with E-state index in [0.717, 1.165) is 5.56 Å².